The maximum atomic E-state index is 11.8. The van der Waals surface area contributed by atoms with Crippen molar-refractivity contribution in [2.75, 3.05) is 13.7 Å². The first-order valence-electron chi connectivity index (χ1n) is 6.80. The van der Waals surface area contributed by atoms with Crippen LogP contribution in [0.15, 0.2) is 24.3 Å². The van der Waals surface area contributed by atoms with Crippen molar-refractivity contribution in [1.29, 1.82) is 0 Å². The summed E-state index contributed by atoms with van der Waals surface area (Å²) in [5, 5.41) is 2.33. The van der Waals surface area contributed by atoms with Gasteiger partial charge in [-0.1, -0.05) is 25.1 Å². The molecule has 2 amide bonds. The summed E-state index contributed by atoms with van der Waals surface area (Å²) in [5.74, 6) is -1.03. The molecular formula is C15H18N2O4. The number of nitrogens with one attached hydrogen (secondary N) is 1. The number of piperazine rings is 1. The molecule has 1 aromatic rings. The number of imide groups is 1. The number of hydrogen-bond acceptors (Lipinski definition) is 5. The molecule has 1 heterocycles. The summed E-state index contributed by atoms with van der Waals surface area (Å²) in [6, 6.07) is 6.67. The van der Waals surface area contributed by atoms with Crippen LogP contribution in [0.1, 0.15) is 29.3 Å². The topological polar surface area (TPSA) is 75.7 Å². The Morgan fingerprint density at radius 3 is 2.76 bits per heavy atom. The minimum Gasteiger partial charge on any atom is -0.465 e. The Labute approximate surface area is 123 Å². The molecule has 1 aliphatic heterocycles. The Balaban J connectivity index is 2.26. The van der Waals surface area contributed by atoms with Gasteiger partial charge in [0.25, 0.3) is 0 Å². The second-order valence-corrected chi connectivity index (χ2v) is 4.89. The number of carbonyl (C=O) groups is 3. The molecule has 2 rings (SSSR count). The SMILES string of the molecule is CCC1C(=O)NC(=O)CN1Cc1ccccc1C(=O)OC. The molecule has 6 nitrogen and oxygen atoms in total. The van der Waals surface area contributed by atoms with E-state index in [4.69, 9.17) is 4.74 Å². The first kappa shape index (κ1) is 15.2. The van der Waals surface area contributed by atoms with Crippen LogP contribution < -0.4 is 5.32 Å². The average molecular weight is 290 g/mol. The lowest BCUT2D eigenvalue weighted by atomic mass is 10.0. The van der Waals surface area contributed by atoms with Crippen LogP contribution in [-0.2, 0) is 20.9 Å². The van der Waals surface area contributed by atoms with E-state index < -0.39 is 5.97 Å². The van der Waals surface area contributed by atoms with Gasteiger partial charge in [0.2, 0.25) is 11.8 Å². The molecule has 1 aromatic carbocycles. The Bertz CT molecular complexity index is 571. The fourth-order valence-corrected chi connectivity index (χ4v) is 2.52. The van der Waals surface area contributed by atoms with Crippen LogP contribution in [0, 0.1) is 0 Å². The predicted octanol–water partition coefficient (Wildman–Crippen LogP) is 0.710. The number of rotatable bonds is 4. The number of nitrogens with zero attached hydrogens (tertiary/aromatic N) is 1. The number of carbonyl (C=O) groups excluding carboxylic acids is 3. The number of amides is 2. The van der Waals surface area contributed by atoms with Crippen LogP contribution in [0.3, 0.4) is 0 Å². The van der Waals surface area contributed by atoms with Gasteiger partial charge in [0.1, 0.15) is 0 Å². The molecular weight excluding hydrogens is 272 g/mol. The Kier molecular flexibility index (Phi) is 4.70. The van der Waals surface area contributed by atoms with E-state index in [1.54, 1.807) is 23.1 Å². The van der Waals surface area contributed by atoms with Gasteiger partial charge in [-0.05, 0) is 18.1 Å². The van der Waals surface area contributed by atoms with Crippen molar-refractivity contribution in [3.63, 3.8) is 0 Å². The molecule has 6 heteroatoms. The van der Waals surface area contributed by atoms with E-state index in [0.29, 0.717) is 18.5 Å². The van der Waals surface area contributed by atoms with Gasteiger partial charge in [-0.25, -0.2) is 4.79 Å². The molecule has 1 aliphatic rings. The summed E-state index contributed by atoms with van der Waals surface area (Å²) in [4.78, 5) is 36.9. The molecule has 1 fully saturated rings. The van der Waals surface area contributed by atoms with Crippen molar-refractivity contribution in [2.45, 2.75) is 25.9 Å². The average Bonchev–Trinajstić information content (AvgIpc) is 2.46. The van der Waals surface area contributed by atoms with Crippen LogP contribution in [-0.4, -0.2) is 42.4 Å². The van der Waals surface area contributed by atoms with Gasteiger partial charge in [-0.3, -0.25) is 19.8 Å². The minimum absolute atomic E-state index is 0.139. The molecule has 1 saturated heterocycles. The molecule has 1 unspecified atom stereocenters. The lowest BCUT2D eigenvalue weighted by Crippen LogP contribution is -2.57. The fourth-order valence-electron chi connectivity index (χ4n) is 2.52. The highest BCUT2D eigenvalue weighted by atomic mass is 16.5. The maximum absolute atomic E-state index is 11.8. The zero-order chi connectivity index (χ0) is 15.4. The molecule has 112 valence electrons. The Morgan fingerprint density at radius 2 is 2.10 bits per heavy atom. The predicted molar refractivity (Wildman–Crippen MR) is 75.4 cm³/mol. The number of esters is 1. The molecule has 0 aliphatic carbocycles. The molecule has 21 heavy (non-hydrogen) atoms. The molecule has 0 spiro atoms. The Hall–Kier alpha value is -2.21. The summed E-state index contributed by atoms with van der Waals surface area (Å²) in [6.45, 7) is 2.38. The van der Waals surface area contributed by atoms with E-state index in [0.717, 1.165) is 5.56 Å². The van der Waals surface area contributed by atoms with Gasteiger partial charge in [0.15, 0.2) is 0 Å². The smallest absolute Gasteiger partial charge is 0.338 e. The second-order valence-electron chi connectivity index (χ2n) is 4.89. The summed E-state index contributed by atoms with van der Waals surface area (Å²) in [5.41, 5.74) is 1.19. The number of ether oxygens (including phenoxy) is 1. The van der Waals surface area contributed by atoms with E-state index in [9.17, 15) is 14.4 Å². The first-order valence-corrected chi connectivity index (χ1v) is 6.80. The number of hydrogen-bond donors (Lipinski definition) is 1. The Morgan fingerprint density at radius 1 is 1.38 bits per heavy atom. The summed E-state index contributed by atoms with van der Waals surface area (Å²) < 4.78 is 4.76. The highest BCUT2D eigenvalue weighted by Crippen LogP contribution is 2.17. The minimum atomic E-state index is -0.425. The summed E-state index contributed by atoms with van der Waals surface area (Å²) >= 11 is 0. The van der Waals surface area contributed by atoms with Crippen molar-refractivity contribution >= 4 is 17.8 Å². The van der Waals surface area contributed by atoms with Crippen LogP contribution in [0.25, 0.3) is 0 Å². The molecule has 0 radical (unpaired) electrons. The maximum Gasteiger partial charge on any atom is 0.338 e. The van der Waals surface area contributed by atoms with E-state index >= 15 is 0 Å². The van der Waals surface area contributed by atoms with Crippen molar-refractivity contribution in [1.82, 2.24) is 10.2 Å². The zero-order valence-electron chi connectivity index (χ0n) is 12.1. The number of methoxy groups -OCH3 is 1. The van der Waals surface area contributed by atoms with Gasteiger partial charge in [0.05, 0.1) is 25.3 Å². The quantitative estimate of drug-likeness (QED) is 0.653. The molecule has 0 saturated carbocycles. The van der Waals surface area contributed by atoms with Crippen molar-refractivity contribution in [3.05, 3.63) is 35.4 Å². The van der Waals surface area contributed by atoms with Crippen molar-refractivity contribution in [3.8, 4) is 0 Å². The van der Waals surface area contributed by atoms with Gasteiger partial charge >= 0.3 is 5.97 Å². The number of benzene rings is 1. The highest BCUT2D eigenvalue weighted by molar-refractivity contribution is 6.01. The fraction of sp³-hybridized carbons (Fsp3) is 0.400. The molecule has 1 N–H and O–H groups in total. The highest BCUT2D eigenvalue weighted by Gasteiger charge is 2.32. The van der Waals surface area contributed by atoms with Crippen LogP contribution >= 0.6 is 0 Å². The monoisotopic (exact) mass is 290 g/mol. The van der Waals surface area contributed by atoms with Gasteiger partial charge < -0.3 is 4.74 Å². The largest absolute Gasteiger partial charge is 0.465 e. The second kappa shape index (κ2) is 6.49. The lowest BCUT2D eigenvalue weighted by molar-refractivity contribution is -0.140. The van der Waals surface area contributed by atoms with E-state index in [1.807, 2.05) is 13.0 Å². The third-order valence-electron chi connectivity index (χ3n) is 3.54. The van der Waals surface area contributed by atoms with Crippen molar-refractivity contribution in [2.24, 2.45) is 0 Å². The molecule has 1 atom stereocenters. The summed E-state index contributed by atoms with van der Waals surface area (Å²) in [6.07, 6.45) is 0.597. The third-order valence-corrected chi connectivity index (χ3v) is 3.54. The molecule has 0 aromatic heterocycles. The van der Waals surface area contributed by atoms with Crippen LogP contribution in [0.5, 0.6) is 0 Å². The molecule has 0 bridgehead atoms. The zero-order valence-corrected chi connectivity index (χ0v) is 12.1. The van der Waals surface area contributed by atoms with E-state index in [-0.39, 0.29) is 24.4 Å². The van der Waals surface area contributed by atoms with E-state index in [1.165, 1.54) is 7.11 Å². The van der Waals surface area contributed by atoms with Gasteiger partial charge in [-0.2, -0.15) is 0 Å². The van der Waals surface area contributed by atoms with Crippen LogP contribution in [0.2, 0.25) is 0 Å². The normalized spacial score (nSPS) is 19.2. The third kappa shape index (κ3) is 3.28. The van der Waals surface area contributed by atoms with Gasteiger partial charge in [0, 0.05) is 6.54 Å². The van der Waals surface area contributed by atoms with Crippen molar-refractivity contribution < 1.29 is 19.1 Å². The van der Waals surface area contributed by atoms with Gasteiger partial charge in [-0.15, -0.1) is 0 Å². The van der Waals surface area contributed by atoms with Crippen LogP contribution in [0.4, 0.5) is 0 Å². The first-order chi connectivity index (χ1) is 10.1. The lowest BCUT2D eigenvalue weighted by Gasteiger charge is -2.33. The van der Waals surface area contributed by atoms with E-state index in [2.05, 4.69) is 5.32 Å². The summed E-state index contributed by atoms with van der Waals surface area (Å²) in [7, 11) is 1.33. The standard InChI is InChI=1S/C15H18N2O4/c1-3-12-14(19)16-13(18)9-17(12)8-10-6-4-5-7-11(10)15(20)21-2/h4-7,12H,3,8-9H2,1-2H3,(H,16,18,19).